The Morgan fingerprint density at radius 1 is 1.29 bits per heavy atom. The van der Waals surface area contributed by atoms with E-state index in [4.69, 9.17) is 0 Å². The number of carbonyl (C=O) groups is 1. The summed E-state index contributed by atoms with van der Waals surface area (Å²) < 4.78 is 37.6. The average Bonchev–Trinajstić information content (AvgIpc) is 2.41. The van der Waals surface area contributed by atoms with Crippen molar-refractivity contribution in [1.82, 2.24) is 4.90 Å². The second kappa shape index (κ2) is 5.67. The molecule has 1 aromatic carbocycles. The number of hydrogen-bond acceptors (Lipinski definition) is 2. The van der Waals surface area contributed by atoms with E-state index < -0.39 is 23.2 Å². The van der Waals surface area contributed by atoms with E-state index in [1.54, 1.807) is 6.92 Å². The third-order valence-corrected chi connectivity index (χ3v) is 4.15. The van der Waals surface area contributed by atoms with Crippen molar-refractivity contribution < 1.29 is 23.1 Å². The van der Waals surface area contributed by atoms with Gasteiger partial charge in [0.05, 0.1) is 5.56 Å². The molecule has 0 radical (unpaired) electrons. The summed E-state index contributed by atoms with van der Waals surface area (Å²) in [5.41, 5.74) is -0.940. The third-order valence-electron chi connectivity index (χ3n) is 4.15. The molecule has 1 aliphatic rings. The zero-order valence-corrected chi connectivity index (χ0v) is 11.8. The summed E-state index contributed by atoms with van der Waals surface area (Å²) in [6.45, 7) is 2.67. The lowest BCUT2D eigenvalue weighted by Crippen LogP contribution is -2.54. The number of alkyl halides is 3. The molecule has 2 rings (SSSR count). The van der Waals surface area contributed by atoms with Gasteiger partial charge in [0.15, 0.2) is 0 Å². The van der Waals surface area contributed by atoms with Crippen LogP contribution in [-0.2, 0) is 17.5 Å². The van der Waals surface area contributed by atoms with Gasteiger partial charge in [-0.1, -0.05) is 12.1 Å². The van der Waals surface area contributed by atoms with Crippen LogP contribution >= 0.6 is 0 Å². The number of nitrogens with zero attached hydrogens (tertiary/aromatic N) is 1. The number of carboxylic acids is 1. The smallest absolute Gasteiger partial charge is 0.416 e. The van der Waals surface area contributed by atoms with E-state index in [9.17, 15) is 23.1 Å². The molecule has 3 nitrogen and oxygen atoms in total. The molecule has 1 fully saturated rings. The molecule has 21 heavy (non-hydrogen) atoms. The maximum Gasteiger partial charge on any atom is 0.416 e. The maximum atomic E-state index is 12.5. The van der Waals surface area contributed by atoms with E-state index in [0.717, 1.165) is 25.0 Å². The lowest BCUT2D eigenvalue weighted by atomic mass is 9.88. The summed E-state index contributed by atoms with van der Waals surface area (Å²) in [6, 6.07) is 4.91. The molecule has 1 heterocycles. The van der Waals surface area contributed by atoms with Gasteiger partial charge in [-0.25, -0.2) is 0 Å². The molecular weight excluding hydrogens is 283 g/mol. The van der Waals surface area contributed by atoms with Gasteiger partial charge in [-0.15, -0.1) is 0 Å². The van der Waals surface area contributed by atoms with E-state index in [-0.39, 0.29) is 0 Å². The Morgan fingerprint density at radius 2 is 1.90 bits per heavy atom. The van der Waals surface area contributed by atoms with Crippen molar-refractivity contribution in [3.63, 3.8) is 0 Å². The van der Waals surface area contributed by atoms with Crippen LogP contribution in [0, 0.1) is 0 Å². The molecule has 0 aliphatic carbocycles. The molecule has 1 unspecified atom stereocenters. The monoisotopic (exact) mass is 301 g/mol. The van der Waals surface area contributed by atoms with Crippen LogP contribution in [0.3, 0.4) is 0 Å². The number of benzene rings is 1. The van der Waals surface area contributed by atoms with Gasteiger partial charge in [0.2, 0.25) is 0 Å². The first-order valence-corrected chi connectivity index (χ1v) is 6.88. The molecule has 1 aliphatic heterocycles. The lowest BCUT2D eigenvalue weighted by Gasteiger charge is -2.41. The highest BCUT2D eigenvalue weighted by molar-refractivity contribution is 5.78. The quantitative estimate of drug-likeness (QED) is 0.928. The van der Waals surface area contributed by atoms with Crippen molar-refractivity contribution in [3.8, 4) is 0 Å². The number of halogens is 3. The summed E-state index contributed by atoms with van der Waals surface area (Å²) in [5.74, 6) is -0.880. The highest BCUT2D eigenvalue weighted by Gasteiger charge is 2.41. The predicted octanol–water partition coefficient (Wildman–Crippen LogP) is 3.53. The van der Waals surface area contributed by atoms with Crippen LogP contribution in [0.15, 0.2) is 24.3 Å². The number of rotatable bonds is 3. The van der Waals surface area contributed by atoms with Crippen molar-refractivity contribution in [2.24, 2.45) is 0 Å². The normalized spacial score (nSPS) is 24.0. The van der Waals surface area contributed by atoms with Crippen molar-refractivity contribution in [2.75, 3.05) is 6.54 Å². The summed E-state index contributed by atoms with van der Waals surface area (Å²) in [6.07, 6.45) is -2.03. The Bertz CT molecular complexity index is 513. The second-order valence-electron chi connectivity index (χ2n) is 5.65. The first kappa shape index (κ1) is 15.8. The van der Waals surface area contributed by atoms with E-state index in [0.29, 0.717) is 25.1 Å². The molecule has 1 N–H and O–H groups in total. The maximum absolute atomic E-state index is 12.5. The van der Waals surface area contributed by atoms with E-state index in [1.807, 2.05) is 4.90 Å². The molecule has 0 saturated carbocycles. The topological polar surface area (TPSA) is 40.5 Å². The first-order chi connectivity index (χ1) is 9.73. The fourth-order valence-electron chi connectivity index (χ4n) is 2.69. The Morgan fingerprint density at radius 3 is 2.43 bits per heavy atom. The fraction of sp³-hybridized carbons (Fsp3) is 0.533. The minimum Gasteiger partial charge on any atom is -0.480 e. The number of aliphatic carboxylic acids is 1. The standard InChI is InChI=1S/C15H18F3NO2/c1-14(13(20)21)8-2-3-9-19(14)10-11-4-6-12(7-5-11)15(16,17)18/h4-7H,2-3,8-10H2,1H3,(H,20,21). The molecule has 1 aromatic rings. The van der Waals surface area contributed by atoms with Crippen molar-refractivity contribution in [1.29, 1.82) is 0 Å². The number of hydrogen-bond donors (Lipinski definition) is 1. The zero-order valence-electron chi connectivity index (χ0n) is 11.8. The van der Waals surface area contributed by atoms with Gasteiger partial charge in [0.25, 0.3) is 0 Å². The Balaban J connectivity index is 2.15. The molecule has 0 bridgehead atoms. The summed E-state index contributed by atoms with van der Waals surface area (Å²) >= 11 is 0. The number of piperidine rings is 1. The Labute approximate surface area is 121 Å². The molecule has 0 aromatic heterocycles. The number of likely N-dealkylation sites (tertiary alicyclic amines) is 1. The SMILES string of the molecule is CC1(C(=O)O)CCCCN1Cc1ccc(C(F)(F)F)cc1. The van der Waals surface area contributed by atoms with E-state index >= 15 is 0 Å². The van der Waals surface area contributed by atoms with Crippen LogP contribution in [0.25, 0.3) is 0 Å². The third kappa shape index (κ3) is 3.37. The lowest BCUT2D eigenvalue weighted by molar-refractivity contribution is -0.153. The van der Waals surface area contributed by atoms with Crippen molar-refractivity contribution in [3.05, 3.63) is 35.4 Å². The molecule has 0 spiro atoms. The zero-order chi connectivity index (χ0) is 15.7. The van der Waals surface area contributed by atoms with Gasteiger partial charge in [-0.2, -0.15) is 13.2 Å². The van der Waals surface area contributed by atoms with Crippen molar-refractivity contribution in [2.45, 2.75) is 44.4 Å². The predicted molar refractivity (Wildman–Crippen MR) is 71.7 cm³/mol. The fourth-order valence-corrected chi connectivity index (χ4v) is 2.69. The van der Waals surface area contributed by atoms with Gasteiger partial charge in [0.1, 0.15) is 5.54 Å². The van der Waals surface area contributed by atoms with Gasteiger partial charge < -0.3 is 5.11 Å². The Hall–Kier alpha value is -1.56. The summed E-state index contributed by atoms with van der Waals surface area (Å²) in [7, 11) is 0. The van der Waals surface area contributed by atoms with Gasteiger partial charge in [0, 0.05) is 6.54 Å². The highest BCUT2D eigenvalue weighted by atomic mass is 19.4. The molecule has 0 amide bonds. The van der Waals surface area contributed by atoms with Gasteiger partial charge in [-0.05, 0) is 50.4 Å². The van der Waals surface area contributed by atoms with Crippen molar-refractivity contribution >= 4 is 5.97 Å². The second-order valence-corrected chi connectivity index (χ2v) is 5.65. The van der Waals surface area contributed by atoms with E-state index in [2.05, 4.69) is 0 Å². The number of carboxylic acid groups (broad SMARTS) is 1. The Kier molecular flexibility index (Phi) is 4.27. The molecule has 1 saturated heterocycles. The molecule has 6 heteroatoms. The largest absolute Gasteiger partial charge is 0.480 e. The minimum atomic E-state index is -4.35. The average molecular weight is 301 g/mol. The van der Waals surface area contributed by atoms with Crippen LogP contribution in [0.1, 0.15) is 37.3 Å². The van der Waals surface area contributed by atoms with Crippen LogP contribution in [-0.4, -0.2) is 28.1 Å². The minimum absolute atomic E-state index is 0.348. The molecule has 1 atom stereocenters. The van der Waals surface area contributed by atoms with Gasteiger partial charge >= 0.3 is 12.1 Å². The van der Waals surface area contributed by atoms with Crippen LogP contribution in [0.4, 0.5) is 13.2 Å². The van der Waals surface area contributed by atoms with Crippen LogP contribution < -0.4 is 0 Å². The van der Waals surface area contributed by atoms with E-state index in [1.165, 1.54) is 12.1 Å². The van der Waals surface area contributed by atoms with Crippen LogP contribution in [0.2, 0.25) is 0 Å². The summed E-state index contributed by atoms with van der Waals surface area (Å²) in [4.78, 5) is 13.3. The van der Waals surface area contributed by atoms with Gasteiger partial charge in [-0.3, -0.25) is 9.69 Å². The highest BCUT2D eigenvalue weighted by Crippen LogP contribution is 2.32. The first-order valence-electron chi connectivity index (χ1n) is 6.88. The molecular formula is C15H18F3NO2. The summed E-state index contributed by atoms with van der Waals surface area (Å²) in [5, 5.41) is 9.41. The van der Waals surface area contributed by atoms with Crippen LogP contribution in [0.5, 0.6) is 0 Å². The molecule has 116 valence electrons.